The maximum absolute atomic E-state index is 13.2. The third-order valence-electron chi connectivity index (χ3n) is 5.84. The number of piperazine rings is 1. The van der Waals surface area contributed by atoms with Crippen molar-refractivity contribution in [2.24, 2.45) is 5.92 Å². The van der Waals surface area contributed by atoms with E-state index in [1.807, 2.05) is 19.1 Å². The lowest BCUT2D eigenvalue weighted by Gasteiger charge is -2.43. The maximum atomic E-state index is 13.2. The molecule has 6 nitrogen and oxygen atoms in total. The molecule has 0 aromatic heterocycles. The summed E-state index contributed by atoms with van der Waals surface area (Å²) in [5.74, 6) is -0.0784. The first-order valence-electron chi connectivity index (χ1n) is 11.1. The molecular formula is C25H33FN4O2. The first kappa shape index (κ1) is 23.9. The number of aliphatic hydroxyl groups excluding tert-OH is 1. The van der Waals surface area contributed by atoms with Crippen LogP contribution < -0.4 is 5.32 Å². The highest BCUT2D eigenvalue weighted by atomic mass is 19.1. The van der Waals surface area contributed by atoms with Crippen LogP contribution in [0.2, 0.25) is 0 Å². The Hall–Kier alpha value is -2.77. The van der Waals surface area contributed by atoms with E-state index in [4.69, 9.17) is 5.41 Å². The van der Waals surface area contributed by atoms with Gasteiger partial charge in [0.05, 0.1) is 6.04 Å². The third-order valence-corrected chi connectivity index (χ3v) is 5.84. The molecule has 1 fully saturated rings. The molecule has 7 heteroatoms. The van der Waals surface area contributed by atoms with Gasteiger partial charge in [0, 0.05) is 49.3 Å². The monoisotopic (exact) mass is 440 g/mol. The van der Waals surface area contributed by atoms with Crippen LogP contribution in [0.1, 0.15) is 43.5 Å². The highest BCUT2D eigenvalue weighted by molar-refractivity contribution is 5.88. The van der Waals surface area contributed by atoms with Gasteiger partial charge in [0.2, 0.25) is 0 Å². The highest BCUT2D eigenvalue weighted by Crippen LogP contribution is 2.33. The van der Waals surface area contributed by atoms with Gasteiger partial charge in [0.15, 0.2) is 0 Å². The second-order valence-corrected chi connectivity index (χ2v) is 8.94. The average Bonchev–Trinajstić information content (AvgIpc) is 2.75. The van der Waals surface area contributed by atoms with E-state index in [0.717, 1.165) is 41.2 Å². The summed E-state index contributed by atoms with van der Waals surface area (Å²) in [4.78, 5) is 16.6. The zero-order valence-corrected chi connectivity index (χ0v) is 19.2. The molecule has 0 bridgehead atoms. The van der Waals surface area contributed by atoms with E-state index in [-0.39, 0.29) is 17.8 Å². The van der Waals surface area contributed by atoms with E-state index in [2.05, 4.69) is 24.1 Å². The van der Waals surface area contributed by atoms with Gasteiger partial charge in [0.1, 0.15) is 11.9 Å². The van der Waals surface area contributed by atoms with Gasteiger partial charge in [-0.2, -0.15) is 0 Å². The zero-order chi connectivity index (χ0) is 23.4. The smallest absolute Gasteiger partial charge is 0.251 e. The minimum atomic E-state index is -1.02. The predicted molar refractivity (Wildman–Crippen MR) is 126 cm³/mol. The van der Waals surface area contributed by atoms with E-state index >= 15 is 0 Å². The van der Waals surface area contributed by atoms with Gasteiger partial charge in [-0.05, 0) is 67.3 Å². The molecule has 3 rings (SSSR count). The minimum Gasteiger partial charge on any atom is -0.384 e. The number of nitrogens with zero attached hydrogens (tertiary/aromatic N) is 2. The molecule has 172 valence electrons. The number of aliphatic hydroxyl groups is 1. The Balaban J connectivity index is 1.95. The van der Waals surface area contributed by atoms with Crippen molar-refractivity contribution in [2.45, 2.75) is 39.8 Å². The molecule has 1 heterocycles. The number of carbonyl (C=O) groups excluding carboxylic acids is 1. The first-order valence-corrected chi connectivity index (χ1v) is 11.1. The summed E-state index contributed by atoms with van der Waals surface area (Å²) >= 11 is 0. The molecule has 0 radical (unpaired) electrons. The molecule has 1 amide bonds. The molecule has 32 heavy (non-hydrogen) atoms. The summed E-state index contributed by atoms with van der Waals surface area (Å²) in [6.07, 6.45) is 0.288. The zero-order valence-electron chi connectivity index (χ0n) is 19.2. The van der Waals surface area contributed by atoms with Gasteiger partial charge < -0.3 is 20.7 Å². The Bertz CT molecular complexity index is 959. The van der Waals surface area contributed by atoms with Crippen LogP contribution in [-0.2, 0) is 4.79 Å². The fourth-order valence-corrected chi connectivity index (χ4v) is 4.29. The van der Waals surface area contributed by atoms with Crippen molar-refractivity contribution in [1.82, 2.24) is 9.80 Å². The van der Waals surface area contributed by atoms with Crippen molar-refractivity contribution in [3.63, 3.8) is 0 Å². The second kappa shape index (κ2) is 10.2. The minimum absolute atomic E-state index is 0.0209. The summed E-state index contributed by atoms with van der Waals surface area (Å²) in [6.45, 7) is 10.6. The molecular weight excluding hydrogens is 407 g/mol. The molecule has 0 spiro atoms. The SMILES string of the molecule is Cc1cc(Nc2ccc(F)cc2)c(C=N)cc1C1CN(C(=O)C(C)O)CCN1CC(C)C. The Morgan fingerprint density at radius 1 is 1.25 bits per heavy atom. The van der Waals surface area contributed by atoms with Crippen molar-refractivity contribution < 1.29 is 14.3 Å². The van der Waals surface area contributed by atoms with Crippen LogP contribution in [0.5, 0.6) is 0 Å². The van der Waals surface area contributed by atoms with Crippen LogP contribution >= 0.6 is 0 Å². The van der Waals surface area contributed by atoms with E-state index in [9.17, 15) is 14.3 Å². The molecule has 2 atom stereocenters. The molecule has 0 aliphatic carbocycles. The van der Waals surface area contributed by atoms with E-state index in [1.54, 1.807) is 17.0 Å². The molecule has 3 N–H and O–H groups in total. The van der Waals surface area contributed by atoms with E-state index < -0.39 is 6.10 Å². The van der Waals surface area contributed by atoms with Gasteiger partial charge in [-0.3, -0.25) is 9.69 Å². The lowest BCUT2D eigenvalue weighted by molar-refractivity contribution is -0.142. The number of nitrogens with one attached hydrogen (secondary N) is 2. The normalized spacial score (nSPS) is 18.0. The fraction of sp³-hybridized carbons (Fsp3) is 0.440. The van der Waals surface area contributed by atoms with Gasteiger partial charge >= 0.3 is 0 Å². The number of rotatable bonds is 7. The third kappa shape index (κ3) is 5.53. The largest absolute Gasteiger partial charge is 0.384 e. The number of aryl methyl sites for hydroxylation is 1. The Labute approximate surface area is 189 Å². The van der Waals surface area contributed by atoms with Crippen LogP contribution in [-0.4, -0.2) is 59.3 Å². The van der Waals surface area contributed by atoms with Crippen molar-refractivity contribution in [1.29, 1.82) is 5.41 Å². The molecule has 1 saturated heterocycles. The Morgan fingerprint density at radius 3 is 2.53 bits per heavy atom. The Morgan fingerprint density at radius 2 is 1.94 bits per heavy atom. The van der Waals surface area contributed by atoms with Gasteiger partial charge in [-0.15, -0.1) is 0 Å². The van der Waals surface area contributed by atoms with Crippen LogP contribution in [0, 0.1) is 24.1 Å². The van der Waals surface area contributed by atoms with Crippen LogP contribution in [0.25, 0.3) is 0 Å². The lowest BCUT2D eigenvalue weighted by atomic mass is 9.93. The van der Waals surface area contributed by atoms with Gasteiger partial charge in [0.25, 0.3) is 5.91 Å². The summed E-state index contributed by atoms with van der Waals surface area (Å²) in [7, 11) is 0. The standard InChI is InChI=1S/C25H33FN4O2/c1-16(2)14-29-9-10-30(25(32)18(4)31)15-24(29)22-12-19(13-27)23(11-17(22)3)28-21-7-5-20(26)6-8-21/h5-8,11-13,16,18,24,27-28,31H,9-10,14-15H2,1-4H3. The highest BCUT2D eigenvalue weighted by Gasteiger charge is 2.33. The molecule has 1 aliphatic rings. The second-order valence-electron chi connectivity index (χ2n) is 8.94. The molecule has 2 aromatic rings. The molecule has 0 saturated carbocycles. The number of amides is 1. The molecule has 2 unspecified atom stereocenters. The van der Waals surface area contributed by atoms with Crippen LogP contribution in [0.15, 0.2) is 36.4 Å². The molecule has 2 aromatic carbocycles. The summed E-state index contributed by atoms with van der Waals surface area (Å²) in [5, 5.41) is 21.0. The number of hydrogen-bond donors (Lipinski definition) is 3. The number of carbonyl (C=O) groups is 1. The number of hydrogen-bond acceptors (Lipinski definition) is 5. The maximum Gasteiger partial charge on any atom is 0.251 e. The van der Waals surface area contributed by atoms with Crippen molar-refractivity contribution >= 4 is 23.5 Å². The summed E-state index contributed by atoms with van der Waals surface area (Å²) in [5.41, 5.74) is 4.35. The topological polar surface area (TPSA) is 79.7 Å². The van der Waals surface area contributed by atoms with Crippen LogP contribution in [0.3, 0.4) is 0 Å². The average molecular weight is 441 g/mol. The summed E-state index contributed by atoms with van der Waals surface area (Å²) < 4.78 is 13.2. The first-order chi connectivity index (χ1) is 15.2. The van der Waals surface area contributed by atoms with Crippen molar-refractivity contribution in [3.8, 4) is 0 Å². The Kier molecular flexibility index (Phi) is 7.64. The quantitative estimate of drug-likeness (QED) is 0.567. The lowest BCUT2D eigenvalue weighted by Crippen LogP contribution is -2.53. The van der Waals surface area contributed by atoms with E-state index in [1.165, 1.54) is 25.3 Å². The fourth-order valence-electron chi connectivity index (χ4n) is 4.29. The van der Waals surface area contributed by atoms with E-state index in [0.29, 0.717) is 19.0 Å². The van der Waals surface area contributed by atoms with Gasteiger partial charge in [-0.25, -0.2) is 4.39 Å². The van der Waals surface area contributed by atoms with Gasteiger partial charge in [-0.1, -0.05) is 13.8 Å². The van der Waals surface area contributed by atoms with Crippen molar-refractivity contribution in [2.75, 3.05) is 31.5 Å². The van der Waals surface area contributed by atoms with Crippen LogP contribution in [0.4, 0.5) is 15.8 Å². The molecule has 1 aliphatic heterocycles. The van der Waals surface area contributed by atoms with Crippen molar-refractivity contribution in [3.05, 3.63) is 58.9 Å². The number of anilines is 2. The predicted octanol–water partition coefficient (Wildman–Crippen LogP) is 4.10. The summed E-state index contributed by atoms with van der Waals surface area (Å²) in [6, 6.07) is 10.1. The number of halogens is 1. The number of benzene rings is 2.